The van der Waals surface area contributed by atoms with Gasteiger partial charge >= 0.3 is 0 Å². The number of hydrogen-bond donors (Lipinski definition) is 1. The third kappa shape index (κ3) is 4.37. The van der Waals surface area contributed by atoms with E-state index in [-0.39, 0.29) is 0 Å². The smallest absolute Gasteiger partial charge is 0.194 e. The highest BCUT2D eigenvalue weighted by Crippen LogP contribution is 2.24. The molecule has 0 saturated carbocycles. The van der Waals surface area contributed by atoms with Gasteiger partial charge in [0.2, 0.25) is 0 Å². The summed E-state index contributed by atoms with van der Waals surface area (Å²) in [6.07, 6.45) is 1.85. The minimum absolute atomic E-state index is 0.689. The Morgan fingerprint density at radius 2 is 2.38 bits per heavy atom. The van der Waals surface area contributed by atoms with Crippen LogP contribution in [0, 0.1) is 12.8 Å². The summed E-state index contributed by atoms with van der Waals surface area (Å²) >= 11 is 2.08. The minimum atomic E-state index is 0.689. The molecule has 0 aromatic carbocycles. The molecule has 1 atom stereocenters. The second-order valence-electron chi connectivity index (χ2n) is 5.77. The van der Waals surface area contributed by atoms with Crippen molar-refractivity contribution in [3.8, 4) is 0 Å². The van der Waals surface area contributed by atoms with Crippen molar-refractivity contribution in [1.29, 1.82) is 0 Å². The molecule has 1 aliphatic heterocycles. The van der Waals surface area contributed by atoms with Gasteiger partial charge in [-0.15, -0.1) is 0 Å². The molecule has 0 spiro atoms. The van der Waals surface area contributed by atoms with Crippen LogP contribution in [0.15, 0.2) is 23.3 Å². The van der Waals surface area contributed by atoms with Gasteiger partial charge in [0.25, 0.3) is 0 Å². The Balaban J connectivity index is 1.96. The fraction of sp³-hybridized carbons (Fsp3) is 0.625. The molecule has 0 aliphatic carbocycles. The Hall–Kier alpha value is -1.23. The van der Waals surface area contributed by atoms with Crippen LogP contribution >= 0.6 is 11.8 Å². The number of aryl methyl sites for hydroxylation is 1. The Kier molecular flexibility index (Phi) is 5.91. The van der Waals surface area contributed by atoms with Gasteiger partial charge in [-0.1, -0.05) is 19.9 Å². The van der Waals surface area contributed by atoms with Gasteiger partial charge in [0.1, 0.15) is 0 Å². The summed E-state index contributed by atoms with van der Waals surface area (Å²) in [5.74, 6) is 2.87. The summed E-state index contributed by atoms with van der Waals surface area (Å²) in [4.78, 5) is 11.3. The Bertz CT molecular complexity index is 487. The van der Waals surface area contributed by atoms with Crippen molar-refractivity contribution < 1.29 is 0 Å². The summed E-state index contributed by atoms with van der Waals surface area (Å²) in [5.41, 5.74) is 2.31. The van der Waals surface area contributed by atoms with E-state index >= 15 is 0 Å². The minimum Gasteiger partial charge on any atom is -0.351 e. The van der Waals surface area contributed by atoms with E-state index in [1.54, 1.807) is 0 Å². The predicted octanol–water partition coefficient (Wildman–Crippen LogP) is 2.54. The summed E-state index contributed by atoms with van der Waals surface area (Å²) in [5, 5.41) is 4.15. The zero-order valence-electron chi connectivity index (χ0n) is 13.5. The lowest BCUT2D eigenvalue weighted by Gasteiger charge is -2.36. The molecule has 5 heteroatoms. The Morgan fingerprint density at radius 3 is 3.05 bits per heavy atom. The Morgan fingerprint density at radius 1 is 1.57 bits per heavy atom. The van der Waals surface area contributed by atoms with Crippen LogP contribution in [0.4, 0.5) is 0 Å². The third-order valence-electron chi connectivity index (χ3n) is 3.88. The van der Waals surface area contributed by atoms with Gasteiger partial charge in [-0.2, -0.15) is 11.8 Å². The zero-order valence-corrected chi connectivity index (χ0v) is 14.3. The van der Waals surface area contributed by atoms with Crippen molar-refractivity contribution in [3.63, 3.8) is 0 Å². The summed E-state index contributed by atoms with van der Waals surface area (Å²) < 4.78 is 0. The number of nitrogens with one attached hydrogen (secondary N) is 1. The average Bonchev–Trinajstić information content (AvgIpc) is 2.50. The van der Waals surface area contributed by atoms with E-state index in [0.717, 1.165) is 31.3 Å². The van der Waals surface area contributed by atoms with Crippen molar-refractivity contribution >= 4 is 17.7 Å². The standard InChI is InChI=1S/C16H26N4S/c1-12(2)15-11-20(8-9-21-15)16(17-4)19-10-14-13(3)6-5-7-18-14/h5-7,12,15H,8-11H2,1-4H3,(H,17,19). The van der Waals surface area contributed by atoms with Crippen molar-refractivity contribution in [2.75, 3.05) is 25.9 Å². The first-order valence-corrected chi connectivity index (χ1v) is 8.64. The number of pyridine rings is 1. The summed E-state index contributed by atoms with van der Waals surface area (Å²) in [6, 6.07) is 4.07. The molecule has 1 saturated heterocycles. The van der Waals surface area contributed by atoms with Gasteiger partial charge in [-0.3, -0.25) is 9.98 Å². The molecule has 116 valence electrons. The lowest BCUT2D eigenvalue weighted by Crippen LogP contribution is -2.48. The first-order valence-electron chi connectivity index (χ1n) is 7.59. The van der Waals surface area contributed by atoms with Crippen LogP contribution in [0.3, 0.4) is 0 Å². The van der Waals surface area contributed by atoms with Crippen molar-refractivity contribution in [1.82, 2.24) is 15.2 Å². The summed E-state index contributed by atoms with van der Waals surface area (Å²) in [6.45, 7) is 9.57. The fourth-order valence-corrected chi connectivity index (χ4v) is 3.77. The van der Waals surface area contributed by atoms with E-state index in [4.69, 9.17) is 0 Å². The SMILES string of the molecule is CN=C(NCc1ncccc1C)N1CCSC(C(C)C)C1. The lowest BCUT2D eigenvalue weighted by molar-refractivity contribution is 0.380. The van der Waals surface area contributed by atoms with E-state index in [1.165, 1.54) is 11.3 Å². The van der Waals surface area contributed by atoms with E-state index < -0.39 is 0 Å². The molecule has 0 amide bonds. The molecule has 2 heterocycles. The van der Waals surface area contributed by atoms with Crippen LogP contribution in [0.25, 0.3) is 0 Å². The van der Waals surface area contributed by atoms with E-state index in [1.807, 2.05) is 19.3 Å². The van der Waals surface area contributed by atoms with Gasteiger partial charge in [0.15, 0.2) is 5.96 Å². The first kappa shape index (κ1) is 16.1. The van der Waals surface area contributed by atoms with Crippen LogP contribution in [0.5, 0.6) is 0 Å². The lowest BCUT2D eigenvalue weighted by atomic mass is 10.1. The third-order valence-corrected chi connectivity index (χ3v) is 5.42. The number of rotatable bonds is 3. The monoisotopic (exact) mass is 306 g/mol. The van der Waals surface area contributed by atoms with Crippen molar-refractivity contribution in [2.24, 2.45) is 10.9 Å². The molecular weight excluding hydrogens is 280 g/mol. The first-order chi connectivity index (χ1) is 10.1. The normalized spacial score (nSPS) is 20.0. The predicted molar refractivity (Wildman–Crippen MR) is 91.8 cm³/mol. The van der Waals surface area contributed by atoms with E-state index in [0.29, 0.717) is 11.2 Å². The van der Waals surface area contributed by atoms with E-state index in [2.05, 4.69) is 58.8 Å². The van der Waals surface area contributed by atoms with Gasteiger partial charge in [0, 0.05) is 37.3 Å². The molecule has 0 radical (unpaired) electrons. The van der Waals surface area contributed by atoms with Crippen LogP contribution in [-0.4, -0.2) is 47.0 Å². The maximum atomic E-state index is 4.44. The second-order valence-corrected chi connectivity index (χ2v) is 7.11. The number of thioether (sulfide) groups is 1. The fourth-order valence-electron chi connectivity index (χ4n) is 2.47. The molecule has 0 bridgehead atoms. The quantitative estimate of drug-likeness (QED) is 0.688. The van der Waals surface area contributed by atoms with Crippen molar-refractivity contribution in [3.05, 3.63) is 29.6 Å². The molecule has 21 heavy (non-hydrogen) atoms. The molecule has 1 fully saturated rings. The second kappa shape index (κ2) is 7.69. The maximum absolute atomic E-state index is 4.44. The Labute approximate surface area is 132 Å². The molecule has 1 aromatic rings. The van der Waals surface area contributed by atoms with Crippen LogP contribution < -0.4 is 5.32 Å². The average molecular weight is 306 g/mol. The highest BCUT2D eigenvalue weighted by atomic mass is 32.2. The summed E-state index contributed by atoms with van der Waals surface area (Å²) in [7, 11) is 1.86. The van der Waals surface area contributed by atoms with Crippen LogP contribution in [0.2, 0.25) is 0 Å². The number of nitrogens with zero attached hydrogens (tertiary/aromatic N) is 3. The molecule has 1 unspecified atom stereocenters. The molecular formula is C16H26N4S. The van der Waals surface area contributed by atoms with Gasteiger partial charge in [-0.05, 0) is 24.5 Å². The molecule has 1 aliphatic rings. The molecule has 1 aromatic heterocycles. The largest absolute Gasteiger partial charge is 0.351 e. The van der Waals surface area contributed by atoms with Crippen LogP contribution in [0.1, 0.15) is 25.1 Å². The van der Waals surface area contributed by atoms with Crippen LogP contribution in [-0.2, 0) is 6.54 Å². The van der Waals surface area contributed by atoms with Gasteiger partial charge in [0.05, 0.1) is 12.2 Å². The van der Waals surface area contributed by atoms with Crippen molar-refractivity contribution in [2.45, 2.75) is 32.6 Å². The van der Waals surface area contributed by atoms with Gasteiger partial charge in [-0.25, -0.2) is 0 Å². The molecule has 2 rings (SSSR count). The zero-order chi connectivity index (χ0) is 15.2. The highest BCUT2D eigenvalue weighted by Gasteiger charge is 2.24. The number of hydrogen-bond acceptors (Lipinski definition) is 3. The number of guanidine groups is 1. The number of aromatic nitrogens is 1. The number of aliphatic imine (C=N–C) groups is 1. The highest BCUT2D eigenvalue weighted by molar-refractivity contribution is 8.00. The molecule has 4 nitrogen and oxygen atoms in total. The molecule has 1 N–H and O–H groups in total. The maximum Gasteiger partial charge on any atom is 0.194 e. The topological polar surface area (TPSA) is 40.5 Å². The van der Waals surface area contributed by atoms with Gasteiger partial charge < -0.3 is 10.2 Å². The van der Waals surface area contributed by atoms with E-state index in [9.17, 15) is 0 Å².